The van der Waals surface area contributed by atoms with E-state index in [2.05, 4.69) is 15.6 Å². The minimum atomic E-state index is -0.682. The van der Waals surface area contributed by atoms with Crippen LogP contribution in [-0.2, 0) is 6.42 Å². The van der Waals surface area contributed by atoms with Crippen molar-refractivity contribution in [3.05, 3.63) is 35.6 Å². The summed E-state index contributed by atoms with van der Waals surface area (Å²) in [6, 6.07) is 6.80. The van der Waals surface area contributed by atoms with Crippen molar-refractivity contribution in [2.24, 2.45) is 4.99 Å². The highest BCUT2D eigenvalue weighted by molar-refractivity contribution is 14.0. The van der Waals surface area contributed by atoms with Crippen molar-refractivity contribution in [2.75, 3.05) is 31.1 Å². The van der Waals surface area contributed by atoms with Crippen molar-refractivity contribution in [3.8, 4) is 0 Å². The van der Waals surface area contributed by atoms with E-state index >= 15 is 0 Å². The molecule has 1 aromatic rings. The van der Waals surface area contributed by atoms with Crippen molar-refractivity contribution in [1.82, 2.24) is 10.6 Å². The molecule has 7 heteroatoms. The van der Waals surface area contributed by atoms with Crippen LogP contribution in [0.4, 0.5) is 4.39 Å². The number of thioether (sulfide) groups is 1. The fraction of sp³-hybridized carbons (Fsp3) is 0.562. The summed E-state index contributed by atoms with van der Waals surface area (Å²) in [7, 11) is 0. The third-order valence-electron chi connectivity index (χ3n) is 3.60. The number of halogens is 2. The Morgan fingerprint density at radius 1 is 1.39 bits per heavy atom. The van der Waals surface area contributed by atoms with E-state index in [0.717, 1.165) is 24.5 Å². The zero-order chi connectivity index (χ0) is 15.8. The first-order valence-electron chi connectivity index (χ1n) is 7.69. The molecule has 1 saturated heterocycles. The number of rotatable bonds is 6. The van der Waals surface area contributed by atoms with Crippen LogP contribution in [0.5, 0.6) is 0 Å². The number of nitrogens with zero attached hydrogens (tertiary/aromatic N) is 1. The van der Waals surface area contributed by atoms with Crippen molar-refractivity contribution in [2.45, 2.75) is 25.4 Å². The molecular formula is C16H25FIN3OS. The van der Waals surface area contributed by atoms with E-state index in [-0.39, 0.29) is 29.8 Å². The smallest absolute Gasteiger partial charge is 0.191 e. The quantitative estimate of drug-likeness (QED) is 0.352. The van der Waals surface area contributed by atoms with Gasteiger partial charge in [-0.15, -0.1) is 24.0 Å². The molecule has 0 amide bonds. The first-order valence-corrected chi connectivity index (χ1v) is 8.84. The van der Waals surface area contributed by atoms with Gasteiger partial charge in [0, 0.05) is 18.8 Å². The first-order chi connectivity index (χ1) is 10.6. The molecule has 1 fully saturated rings. The summed E-state index contributed by atoms with van der Waals surface area (Å²) in [6.45, 7) is 3.74. The Morgan fingerprint density at radius 3 is 2.83 bits per heavy atom. The van der Waals surface area contributed by atoms with Gasteiger partial charge in [-0.3, -0.25) is 4.99 Å². The largest absolute Gasteiger partial charge is 0.387 e. The Hall–Kier alpha value is -0.540. The van der Waals surface area contributed by atoms with E-state index in [4.69, 9.17) is 0 Å². The van der Waals surface area contributed by atoms with Gasteiger partial charge in [-0.1, -0.05) is 18.2 Å². The maximum absolute atomic E-state index is 13.6. The van der Waals surface area contributed by atoms with Crippen LogP contribution < -0.4 is 10.6 Å². The average Bonchev–Trinajstić information content (AvgIpc) is 2.94. The van der Waals surface area contributed by atoms with Crippen LogP contribution in [0.25, 0.3) is 0 Å². The number of nitrogens with one attached hydrogen (secondary N) is 2. The number of aliphatic hydroxyl groups is 1. The summed E-state index contributed by atoms with van der Waals surface area (Å²) in [5.41, 5.74) is 0.00937. The van der Waals surface area contributed by atoms with Gasteiger partial charge in [-0.05, 0) is 37.1 Å². The monoisotopic (exact) mass is 453 g/mol. The predicted molar refractivity (Wildman–Crippen MR) is 106 cm³/mol. The van der Waals surface area contributed by atoms with Crippen LogP contribution in [-0.4, -0.2) is 47.8 Å². The first kappa shape index (κ1) is 20.5. The molecule has 130 valence electrons. The maximum Gasteiger partial charge on any atom is 0.191 e. The molecule has 0 aliphatic carbocycles. The molecule has 2 rings (SSSR count). The van der Waals surface area contributed by atoms with E-state index in [1.165, 1.54) is 6.07 Å². The predicted octanol–water partition coefficient (Wildman–Crippen LogP) is 2.41. The molecule has 1 aromatic carbocycles. The van der Waals surface area contributed by atoms with Crippen molar-refractivity contribution >= 4 is 41.7 Å². The zero-order valence-corrected chi connectivity index (χ0v) is 16.5. The Kier molecular flexibility index (Phi) is 9.23. The molecule has 1 aliphatic heterocycles. The van der Waals surface area contributed by atoms with Gasteiger partial charge in [0.05, 0.1) is 12.1 Å². The lowest BCUT2D eigenvalue weighted by Gasteiger charge is -2.19. The molecule has 23 heavy (non-hydrogen) atoms. The third-order valence-corrected chi connectivity index (χ3v) is 4.84. The molecule has 0 spiro atoms. The van der Waals surface area contributed by atoms with Crippen LogP contribution in [0.15, 0.2) is 29.3 Å². The molecule has 4 nitrogen and oxygen atoms in total. The molecule has 0 aromatic heterocycles. The topological polar surface area (TPSA) is 56.7 Å². The summed E-state index contributed by atoms with van der Waals surface area (Å²) in [4.78, 5) is 4.46. The van der Waals surface area contributed by atoms with Crippen molar-refractivity contribution < 1.29 is 9.50 Å². The van der Waals surface area contributed by atoms with Gasteiger partial charge >= 0.3 is 0 Å². The third kappa shape index (κ3) is 6.84. The van der Waals surface area contributed by atoms with Crippen LogP contribution in [0, 0.1) is 5.82 Å². The molecule has 1 aliphatic rings. The standard InChI is InChI=1S/C16H24FN3OS.HI/c1-2-18-15(20-11-16(21)8-10-22-12-16)19-9-7-13-5-3-4-6-14(13)17;/h3-6,21H,2,7-12H2,1H3,(H2,18,19,20);1H. The van der Waals surface area contributed by atoms with Gasteiger partial charge in [-0.2, -0.15) is 11.8 Å². The summed E-state index contributed by atoms with van der Waals surface area (Å²) in [5.74, 6) is 2.22. The molecule has 0 radical (unpaired) electrons. The highest BCUT2D eigenvalue weighted by Crippen LogP contribution is 2.27. The zero-order valence-electron chi connectivity index (χ0n) is 13.3. The van der Waals surface area contributed by atoms with E-state index in [1.807, 2.05) is 13.0 Å². The summed E-state index contributed by atoms with van der Waals surface area (Å²) in [6.07, 6.45) is 1.38. The SMILES string of the molecule is CCNC(=NCC1(O)CCSC1)NCCc1ccccc1F.I. The second kappa shape index (κ2) is 10.4. The highest BCUT2D eigenvalue weighted by atomic mass is 127. The second-order valence-corrected chi connectivity index (χ2v) is 6.60. The van der Waals surface area contributed by atoms with Crippen molar-refractivity contribution in [3.63, 3.8) is 0 Å². The van der Waals surface area contributed by atoms with Gasteiger partial charge in [0.2, 0.25) is 0 Å². The minimum Gasteiger partial charge on any atom is -0.387 e. The molecule has 0 saturated carbocycles. The summed E-state index contributed by atoms with van der Waals surface area (Å²) in [5, 5.41) is 16.7. The molecule has 1 atom stereocenters. The van der Waals surface area contributed by atoms with E-state index in [9.17, 15) is 9.50 Å². The lowest BCUT2D eigenvalue weighted by atomic mass is 10.1. The van der Waals surface area contributed by atoms with Gasteiger partial charge < -0.3 is 15.7 Å². The summed E-state index contributed by atoms with van der Waals surface area (Å²) >= 11 is 1.76. The lowest BCUT2D eigenvalue weighted by molar-refractivity contribution is 0.0778. The number of guanidine groups is 1. The Bertz CT molecular complexity index is 510. The molecular weight excluding hydrogens is 428 g/mol. The molecule has 1 heterocycles. The van der Waals surface area contributed by atoms with Crippen LogP contribution in [0.1, 0.15) is 18.9 Å². The average molecular weight is 453 g/mol. The lowest BCUT2D eigenvalue weighted by Crippen LogP contribution is -2.40. The van der Waals surface area contributed by atoms with Crippen LogP contribution in [0.2, 0.25) is 0 Å². The van der Waals surface area contributed by atoms with Gasteiger partial charge in [0.15, 0.2) is 5.96 Å². The van der Waals surface area contributed by atoms with E-state index < -0.39 is 5.60 Å². The van der Waals surface area contributed by atoms with Gasteiger partial charge in [0.25, 0.3) is 0 Å². The fourth-order valence-electron chi connectivity index (χ4n) is 2.31. The fourth-order valence-corrected chi connectivity index (χ4v) is 3.59. The number of aliphatic imine (C=N–C) groups is 1. The number of hydrogen-bond donors (Lipinski definition) is 3. The minimum absolute atomic E-state index is 0. The number of benzene rings is 1. The van der Waals surface area contributed by atoms with Gasteiger partial charge in [-0.25, -0.2) is 4.39 Å². The summed E-state index contributed by atoms with van der Waals surface area (Å²) < 4.78 is 13.6. The molecule has 0 bridgehead atoms. The highest BCUT2D eigenvalue weighted by Gasteiger charge is 2.31. The molecule has 1 unspecified atom stereocenters. The van der Waals surface area contributed by atoms with E-state index in [0.29, 0.717) is 31.0 Å². The second-order valence-electron chi connectivity index (χ2n) is 5.49. The Labute approximate surface area is 158 Å². The Morgan fingerprint density at radius 2 is 2.17 bits per heavy atom. The Balaban J connectivity index is 0.00000264. The van der Waals surface area contributed by atoms with Gasteiger partial charge in [0.1, 0.15) is 5.82 Å². The number of hydrogen-bond acceptors (Lipinski definition) is 3. The normalized spacial score (nSPS) is 20.9. The van der Waals surface area contributed by atoms with E-state index in [1.54, 1.807) is 23.9 Å². The molecule has 3 N–H and O–H groups in total. The van der Waals surface area contributed by atoms with Crippen LogP contribution >= 0.6 is 35.7 Å². The van der Waals surface area contributed by atoms with Crippen LogP contribution in [0.3, 0.4) is 0 Å². The van der Waals surface area contributed by atoms with Crippen molar-refractivity contribution in [1.29, 1.82) is 0 Å². The maximum atomic E-state index is 13.6.